The van der Waals surface area contributed by atoms with Gasteiger partial charge < -0.3 is 31.1 Å². The van der Waals surface area contributed by atoms with Crippen LogP contribution in [0.3, 0.4) is 0 Å². The molecular weight excluding hydrogens is 550 g/mol. The van der Waals surface area contributed by atoms with Crippen molar-refractivity contribution in [2.24, 2.45) is 5.92 Å². The van der Waals surface area contributed by atoms with Crippen LogP contribution in [0.2, 0.25) is 0 Å². The van der Waals surface area contributed by atoms with Gasteiger partial charge in [-0.1, -0.05) is 37.6 Å². The molecular formula is C32H51N5O6. The Labute approximate surface area is 256 Å². The third kappa shape index (κ3) is 14.5. The van der Waals surface area contributed by atoms with Crippen molar-refractivity contribution < 1.29 is 29.0 Å². The Morgan fingerprint density at radius 2 is 1.70 bits per heavy atom. The number of allylic oxidation sites excluding steroid dienone is 1. The zero-order valence-electron chi connectivity index (χ0n) is 26.4. The van der Waals surface area contributed by atoms with Gasteiger partial charge in [0.1, 0.15) is 17.8 Å². The molecule has 11 nitrogen and oxygen atoms in total. The highest BCUT2D eigenvalue weighted by Crippen LogP contribution is 2.14. The summed E-state index contributed by atoms with van der Waals surface area (Å²) in [6, 6.07) is 4.88. The van der Waals surface area contributed by atoms with E-state index in [2.05, 4.69) is 46.1 Å². The molecule has 2 bridgehead atoms. The molecule has 1 heterocycles. The van der Waals surface area contributed by atoms with Gasteiger partial charge >= 0.3 is 0 Å². The Kier molecular flexibility index (Phi) is 15.8. The van der Waals surface area contributed by atoms with Crippen molar-refractivity contribution in [3.05, 3.63) is 41.5 Å². The Balaban J connectivity index is 2.20. The normalized spacial score (nSPS) is 21.7. The number of hydrogen-bond donors (Lipinski definition) is 5. The lowest BCUT2D eigenvalue weighted by Gasteiger charge is -2.26. The molecule has 0 aromatic heterocycles. The van der Waals surface area contributed by atoms with Crippen molar-refractivity contribution in [1.29, 1.82) is 0 Å². The minimum Gasteiger partial charge on any atom is -0.484 e. The topological polar surface area (TPSA) is 149 Å². The number of amides is 4. The molecule has 0 radical (unpaired) electrons. The van der Waals surface area contributed by atoms with Crippen LogP contribution >= 0.6 is 0 Å². The summed E-state index contributed by atoms with van der Waals surface area (Å²) >= 11 is 0. The highest BCUT2D eigenvalue weighted by molar-refractivity contribution is 5.92. The van der Waals surface area contributed by atoms with Gasteiger partial charge in [-0.3, -0.25) is 24.1 Å². The number of fused-ring (bicyclic) bond motifs is 2. The molecule has 43 heavy (non-hydrogen) atoms. The highest BCUT2D eigenvalue weighted by Gasteiger charge is 2.30. The molecule has 1 aliphatic heterocycles. The van der Waals surface area contributed by atoms with Gasteiger partial charge in [0.05, 0.1) is 12.5 Å². The number of benzene rings is 1. The van der Waals surface area contributed by atoms with Gasteiger partial charge in [-0.25, -0.2) is 0 Å². The van der Waals surface area contributed by atoms with E-state index in [0.29, 0.717) is 30.8 Å². The van der Waals surface area contributed by atoms with Crippen LogP contribution in [0.15, 0.2) is 35.9 Å². The van der Waals surface area contributed by atoms with Crippen molar-refractivity contribution in [3.63, 3.8) is 0 Å². The largest absolute Gasteiger partial charge is 0.484 e. The van der Waals surface area contributed by atoms with Gasteiger partial charge in [-0.2, -0.15) is 0 Å². The number of hydrogen-bond acceptors (Lipinski definition) is 7. The van der Waals surface area contributed by atoms with E-state index in [1.807, 2.05) is 13.8 Å². The van der Waals surface area contributed by atoms with Crippen LogP contribution in [0.4, 0.5) is 0 Å². The van der Waals surface area contributed by atoms with Crippen LogP contribution < -0.4 is 26.0 Å². The van der Waals surface area contributed by atoms with Gasteiger partial charge in [0.25, 0.3) is 5.91 Å². The van der Waals surface area contributed by atoms with Crippen LogP contribution in [0.5, 0.6) is 5.75 Å². The van der Waals surface area contributed by atoms with E-state index < -0.39 is 30.0 Å². The van der Waals surface area contributed by atoms with E-state index in [1.54, 1.807) is 24.3 Å². The maximum absolute atomic E-state index is 13.2. The minimum atomic E-state index is -1.15. The van der Waals surface area contributed by atoms with Crippen molar-refractivity contribution in [1.82, 2.24) is 26.2 Å². The first kappa shape index (κ1) is 35.8. The summed E-state index contributed by atoms with van der Waals surface area (Å²) in [5, 5.41) is 21.5. The monoisotopic (exact) mass is 601 g/mol. The number of nitrogens with one attached hydrogen (secondary N) is 4. The lowest BCUT2D eigenvalue weighted by Crippen LogP contribution is -2.57. The van der Waals surface area contributed by atoms with Crippen LogP contribution in [-0.4, -0.2) is 91.2 Å². The maximum Gasteiger partial charge on any atom is 0.257 e. The number of nitrogens with zero attached hydrogens (tertiary/aromatic N) is 1. The quantitative estimate of drug-likeness (QED) is 0.323. The van der Waals surface area contributed by atoms with Crippen LogP contribution in [0, 0.1) is 5.92 Å². The van der Waals surface area contributed by atoms with Crippen molar-refractivity contribution in [3.8, 4) is 5.75 Å². The number of carbonyl (C=O) groups is 4. The molecule has 0 unspecified atom stereocenters. The average Bonchev–Trinajstić information content (AvgIpc) is 2.93. The second kappa shape index (κ2) is 19.0. The van der Waals surface area contributed by atoms with Crippen LogP contribution in [0.25, 0.3) is 0 Å². The van der Waals surface area contributed by atoms with E-state index in [1.165, 1.54) is 12.5 Å². The zero-order chi connectivity index (χ0) is 31.8. The summed E-state index contributed by atoms with van der Waals surface area (Å²) in [6.45, 7) is 12.6. The van der Waals surface area contributed by atoms with Gasteiger partial charge in [-0.15, -0.1) is 0 Å². The van der Waals surface area contributed by atoms with Gasteiger partial charge in [0.15, 0.2) is 6.61 Å². The number of ether oxygens (including phenoxy) is 1. The minimum absolute atomic E-state index is 0.00513. The summed E-state index contributed by atoms with van der Waals surface area (Å²) in [4.78, 5) is 53.8. The molecule has 1 aliphatic rings. The Morgan fingerprint density at radius 3 is 2.40 bits per heavy atom. The van der Waals surface area contributed by atoms with Crippen molar-refractivity contribution in [2.75, 3.05) is 39.3 Å². The molecule has 240 valence electrons. The summed E-state index contributed by atoms with van der Waals surface area (Å²) in [5.74, 6) is -1.05. The summed E-state index contributed by atoms with van der Waals surface area (Å²) in [5.41, 5.74) is 1.89. The second-order valence-electron chi connectivity index (χ2n) is 11.9. The first-order valence-corrected chi connectivity index (χ1v) is 15.3. The molecule has 0 saturated heterocycles. The third-order valence-corrected chi connectivity index (χ3v) is 6.99. The maximum atomic E-state index is 13.2. The zero-order valence-corrected chi connectivity index (χ0v) is 26.4. The third-order valence-electron chi connectivity index (χ3n) is 6.99. The van der Waals surface area contributed by atoms with E-state index in [0.717, 1.165) is 38.9 Å². The fourth-order valence-corrected chi connectivity index (χ4v) is 4.66. The SMILES string of the molecule is CC(C)=CCN1CCCCNC(=O)[C@H]([C@@H](C)O)NC(=O)[C@@H](CC(C)C)NC(=O)Cc2cccc(c2)OCC(=O)NCCC1. The molecule has 0 fully saturated rings. The first-order valence-electron chi connectivity index (χ1n) is 15.3. The van der Waals surface area contributed by atoms with Crippen LogP contribution in [0.1, 0.15) is 65.9 Å². The standard InChI is InChI=1S/C32H51N5O6/c1-22(2)12-17-37-15-7-6-13-34-32(42)30(24(5)38)36-31(41)27(18-23(3)4)35-28(39)20-25-10-8-11-26(19-25)43-21-29(40)33-14-9-16-37/h8,10-12,19,23-24,27,30,38H,6-7,9,13-18,20-21H2,1-5H3,(H,33,40)(H,34,42)(H,35,39)(H,36,41)/t24-,27-,30+/m1/s1. The van der Waals surface area contributed by atoms with Gasteiger partial charge in [-0.05, 0) is 76.6 Å². The predicted octanol–water partition coefficient (Wildman–Crippen LogP) is 1.69. The molecule has 0 spiro atoms. The summed E-state index contributed by atoms with van der Waals surface area (Å²) < 4.78 is 5.67. The molecule has 0 aliphatic carbocycles. The summed E-state index contributed by atoms with van der Waals surface area (Å²) in [7, 11) is 0. The van der Waals surface area contributed by atoms with Gasteiger partial charge in [0.2, 0.25) is 17.7 Å². The molecule has 11 heteroatoms. The molecule has 4 amide bonds. The molecule has 1 aromatic rings. The fourth-order valence-electron chi connectivity index (χ4n) is 4.66. The van der Waals surface area contributed by atoms with Crippen LogP contribution in [-0.2, 0) is 25.6 Å². The fraction of sp³-hybridized carbons (Fsp3) is 0.625. The number of aliphatic hydroxyl groups excluding tert-OH is 1. The van der Waals surface area contributed by atoms with Crippen molar-refractivity contribution >= 4 is 23.6 Å². The van der Waals surface area contributed by atoms with E-state index in [9.17, 15) is 24.3 Å². The predicted molar refractivity (Wildman–Crippen MR) is 166 cm³/mol. The number of aliphatic hydroxyl groups is 1. The Bertz CT molecular complexity index is 1090. The molecule has 0 saturated carbocycles. The average molecular weight is 602 g/mol. The summed E-state index contributed by atoms with van der Waals surface area (Å²) in [6.07, 6.45) is 3.73. The van der Waals surface area contributed by atoms with E-state index in [-0.39, 0.29) is 30.8 Å². The van der Waals surface area contributed by atoms with E-state index >= 15 is 0 Å². The lowest BCUT2D eigenvalue weighted by molar-refractivity contribution is -0.134. The van der Waals surface area contributed by atoms with Crippen molar-refractivity contribution in [2.45, 2.75) is 84.9 Å². The smallest absolute Gasteiger partial charge is 0.257 e. The number of carbonyl (C=O) groups excluding carboxylic acids is 4. The Morgan fingerprint density at radius 1 is 0.977 bits per heavy atom. The lowest BCUT2D eigenvalue weighted by atomic mass is 10.0. The van der Waals surface area contributed by atoms with Gasteiger partial charge in [0, 0.05) is 26.2 Å². The Hall–Kier alpha value is -3.44. The molecule has 2 rings (SSSR count). The highest BCUT2D eigenvalue weighted by atomic mass is 16.5. The molecule has 1 aromatic carbocycles. The molecule has 3 atom stereocenters. The first-order chi connectivity index (χ1) is 20.4. The second-order valence-corrected chi connectivity index (χ2v) is 11.9. The molecule has 5 N–H and O–H groups in total. The van der Waals surface area contributed by atoms with E-state index in [4.69, 9.17) is 4.74 Å². The number of rotatable bonds is 5.